The van der Waals surface area contributed by atoms with Gasteiger partial charge in [0.1, 0.15) is 0 Å². The number of alkyl halides is 2. The van der Waals surface area contributed by atoms with Gasteiger partial charge in [0, 0.05) is 25.7 Å². The van der Waals surface area contributed by atoms with Gasteiger partial charge in [0.05, 0.1) is 0 Å². The molecule has 0 aromatic heterocycles. The van der Waals surface area contributed by atoms with E-state index in [1.807, 2.05) is 6.07 Å². The Bertz CT molecular complexity index is 831. The van der Waals surface area contributed by atoms with Gasteiger partial charge in [-0.2, -0.15) is 0 Å². The van der Waals surface area contributed by atoms with Crippen LogP contribution in [-0.2, 0) is 0 Å². The number of amides is 2. The normalized spacial score (nSPS) is 22.3. The number of hydrogen-bond donors (Lipinski definition) is 3. The lowest BCUT2D eigenvalue weighted by molar-refractivity contribution is -0.287. The molecule has 1 saturated carbocycles. The van der Waals surface area contributed by atoms with E-state index in [1.165, 1.54) is 13.1 Å². The number of hydrazine groups is 1. The van der Waals surface area contributed by atoms with Crippen molar-refractivity contribution >= 4 is 12.0 Å². The molecule has 11 heteroatoms. The molecule has 0 atom stereocenters. The maximum atomic E-state index is 13.4. The molecule has 1 aromatic rings. The summed E-state index contributed by atoms with van der Waals surface area (Å²) in [5.74, 6) is 11.2. The number of benzene rings is 1. The average molecular weight is 410 g/mol. The fraction of sp³-hybridized carbons (Fsp3) is 0.556. The first-order chi connectivity index (χ1) is 13.7. The zero-order valence-corrected chi connectivity index (χ0v) is 16.0. The molecular weight excluding hydrogens is 386 g/mol. The van der Waals surface area contributed by atoms with Crippen molar-refractivity contribution in [2.75, 3.05) is 20.1 Å². The van der Waals surface area contributed by atoms with E-state index in [9.17, 15) is 13.6 Å². The number of nitrogens with two attached hydrogens (primary N) is 2. The second kappa shape index (κ2) is 6.90. The fourth-order valence-corrected chi connectivity index (χ4v) is 4.50. The predicted molar refractivity (Wildman–Crippen MR) is 100.0 cm³/mol. The molecule has 2 fully saturated rings. The molecule has 1 spiro atoms. The number of guanidine groups is 1. The van der Waals surface area contributed by atoms with Crippen LogP contribution in [0.15, 0.2) is 23.3 Å². The number of carbonyl (C=O) groups excluding carboxylic acids is 1. The predicted octanol–water partition coefficient (Wildman–Crippen LogP) is 1.71. The van der Waals surface area contributed by atoms with E-state index < -0.39 is 6.29 Å². The number of para-hydroxylation sites is 1. The molecule has 1 saturated heterocycles. The maximum Gasteiger partial charge on any atom is 0.586 e. The second-order valence-corrected chi connectivity index (χ2v) is 7.93. The molecule has 5 N–H and O–H groups in total. The number of carbonyl (C=O) groups is 1. The summed E-state index contributed by atoms with van der Waals surface area (Å²) in [7, 11) is 1.52. The lowest BCUT2D eigenvalue weighted by Gasteiger charge is -2.52. The standard InChI is InChI=1S/C18H24F2N6O3/c1-25(22)15(24-21)23-16(27)26-7-5-17(6-8-26)9-11(10-17)12-3-2-4-13-14(12)29-18(19,20)28-13/h2-4,11H,5-10,21-22H2,1H3,(H,23,24,27). The van der Waals surface area contributed by atoms with Crippen LogP contribution in [0.1, 0.15) is 37.2 Å². The zero-order valence-electron chi connectivity index (χ0n) is 16.0. The number of hydrogen-bond acceptors (Lipinski definition) is 6. The number of likely N-dealkylation sites (tertiary alicyclic amines) is 1. The van der Waals surface area contributed by atoms with Crippen LogP contribution in [0.3, 0.4) is 0 Å². The van der Waals surface area contributed by atoms with Crippen LogP contribution in [0.25, 0.3) is 0 Å². The molecule has 2 heterocycles. The molecule has 158 valence electrons. The van der Waals surface area contributed by atoms with Crippen molar-refractivity contribution in [2.45, 2.75) is 37.9 Å². The van der Waals surface area contributed by atoms with Gasteiger partial charge in [-0.25, -0.2) is 10.6 Å². The zero-order chi connectivity index (χ0) is 20.8. The minimum atomic E-state index is -3.61. The Labute approximate surface area is 166 Å². The third-order valence-electron chi connectivity index (χ3n) is 6.04. The topological polar surface area (TPSA) is 118 Å². The van der Waals surface area contributed by atoms with Crippen molar-refractivity contribution in [2.24, 2.45) is 22.2 Å². The Hall–Kier alpha value is -2.82. The summed E-state index contributed by atoms with van der Waals surface area (Å²) in [6, 6.07) is 4.72. The van der Waals surface area contributed by atoms with Crippen LogP contribution in [0.4, 0.5) is 13.6 Å². The number of nitrogens with zero attached hydrogens (tertiary/aromatic N) is 3. The molecule has 0 bridgehead atoms. The van der Waals surface area contributed by atoms with Crippen molar-refractivity contribution in [3.63, 3.8) is 0 Å². The molecule has 4 rings (SSSR count). The SMILES string of the molecule is CN(N)/C(=N\N)NC(=O)N1CCC2(CC1)CC(c1cccc3c1OC(F)(F)O3)C2. The highest BCUT2D eigenvalue weighted by Gasteiger charge is 2.50. The summed E-state index contributed by atoms with van der Waals surface area (Å²) in [6.07, 6.45) is -0.189. The molecule has 3 aliphatic rings. The fourth-order valence-electron chi connectivity index (χ4n) is 4.50. The van der Waals surface area contributed by atoms with E-state index in [2.05, 4.69) is 15.2 Å². The highest BCUT2D eigenvalue weighted by Crippen LogP contribution is 2.59. The first kappa shape index (κ1) is 19.5. The second-order valence-electron chi connectivity index (χ2n) is 7.93. The molecule has 1 aromatic carbocycles. The Balaban J connectivity index is 1.34. The highest BCUT2D eigenvalue weighted by molar-refractivity contribution is 5.95. The first-order valence-corrected chi connectivity index (χ1v) is 9.43. The van der Waals surface area contributed by atoms with Crippen molar-refractivity contribution in [3.8, 4) is 11.5 Å². The largest absolute Gasteiger partial charge is 0.586 e. The molecule has 0 unspecified atom stereocenters. The molecule has 2 amide bonds. The summed E-state index contributed by atoms with van der Waals surface area (Å²) < 4.78 is 36.1. The minimum Gasteiger partial charge on any atom is -0.395 e. The van der Waals surface area contributed by atoms with Gasteiger partial charge in [-0.1, -0.05) is 12.1 Å². The Morgan fingerprint density at radius 3 is 2.62 bits per heavy atom. The monoisotopic (exact) mass is 410 g/mol. The number of piperidine rings is 1. The smallest absolute Gasteiger partial charge is 0.395 e. The van der Waals surface area contributed by atoms with Gasteiger partial charge in [-0.3, -0.25) is 10.3 Å². The number of halogens is 2. The quantitative estimate of drug-likeness (QED) is 0.281. The van der Waals surface area contributed by atoms with Crippen LogP contribution < -0.4 is 26.5 Å². The van der Waals surface area contributed by atoms with Crippen LogP contribution in [0, 0.1) is 5.41 Å². The van der Waals surface area contributed by atoms with E-state index in [4.69, 9.17) is 16.4 Å². The molecule has 2 aliphatic heterocycles. The molecule has 0 radical (unpaired) electrons. The number of fused-ring (bicyclic) bond motifs is 1. The lowest BCUT2D eigenvalue weighted by atomic mass is 9.56. The summed E-state index contributed by atoms with van der Waals surface area (Å²) in [6.45, 7) is 1.19. The number of hydrazone groups is 1. The van der Waals surface area contributed by atoms with E-state index in [1.54, 1.807) is 11.0 Å². The van der Waals surface area contributed by atoms with Crippen LogP contribution >= 0.6 is 0 Å². The summed E-state index contributed by atoms with van der Waals surface area (Å²) in [5.41, 5.74) is 0.877. The average Bonchev–Trinajstić information content (AvgIpc) is 2.97. The number of urea groups is 1. The highest BCUT2D eigenvalue weighted by atomic mass is 19.3. The summed E-state index contributed by atoms with van der Waals surface area (Å²) in [5, 5.41) is 7.16. The van der Waals surface area contributed by atoms with Crippen molar-refractivity contribution in [1.29, 1.82) is 0 Å². The third-order valence-corrected chi connectivity index (χ3v) is 6.04. The van der Waals surface area contributed by atoms with Crippen LogP contribution in [0.2, 0.25) is 0 Å². The van der Waals surface area contributed by atoms with Crippen molar-refractivity contribution in [3.05, 3.63) is 23.8 Å². The third kappa shape index (κ3) is 3.61. The van der Waals surface area contributed by atoms with E-state index in [0.29, 0.717) is 13.1 Å². The molecular formula is C18H24F2N6O3. The van der Waals surface area contributed by atoms with Gasteiger partial charge >= 0.3 is 12.3 Å². The van der Waals surface area contributed by atoms with Gasteiger partial charge in [-0.05, 0) is 43.1 Å². The van der Waals surface area contributed by atoms with E-state index in [-0.39, 0.29) is 34.8 Å². The van der Waals surface area contributed by atoms with Crippen LogP contribution in [0.5, 0.6) is 11.5 Å². The summed E-state index contributed by atoms with van der Waals surface area (Å²) in [4.78, 5) is 14.1. The van der Waals surface area contributed by atoms with Gasteiger partial charge in [-0.15, -0.1) is 13.9 Å². The number of rotatable bonds is 1. The molecule has 9 nitrogen and oxygen atoms in total. The molecule has 29 heavy (non-hydrogen) atoms. The van der Waals surface area contributed by atoms with Gasteiger partial charge < -0.3 is 20.2 Å². The Kier molecular flexibility index (Phi) is 4.64. The lowest BCUT2D eigenvalue weighted by Crippen LogP contribution is -2.54. The number of nitrogens with one attached hydrogen (secondary N) is 1. The van der Waals surface area contributed by atoms with E-state index in [0.717, 1.165) is 36.3 Å². The van der Waals surface area contributed by atoms with Gasteiger partial charge in [0.2, 0.25) is 5.96 Å². The maximum absolute atomic E-state index is 13.4. The minimum absolute atomic E-state index is 0.0796. The Morgan fingerprint density at radius 1 is 1.31 bits per heavy atom. The molecule has 1 aliphatic carbocycles. The first-order valence-electron chi connectivity index (χ1n) is 9.43. The Morgan fingerprint density at radius 2 is 2.00 bits per heavy atom. The van der Waals surface area contributed by atoms with E-state index >= 15 is 0 Å². The van der Waals surface area contributed by atoms with Crippen LogP contribution in [-0.4, -0.2) is 48.3 Å². The number of ether oxygens (including phenoxy) is 2. The van der Waals surface area contributed by atoms with Crippen molar-refractivity contribution in [1.82, 2.24) is 15.2 Å². The van der Waals surface area contributed by atoms with Crippen molar-refractivity contribution < 1.29 is 23.0 Å². The van der Waals surface area contributed by atoms with Gasteiger partial charge in [0.15, 0.2) is 11.5 Å². The summed E-state index contributed by atoms with van der Waals surface area (Å²) >= 11 is 0. The van der Waals surface area contributed by atoms with Gasteiger partial charge in [0.25, 0.3) is 0 Å².